The number of ether oxygens (including phenoxy) is 1. The van der Waals surface area contributed by atoms with Crippen molar-refractivity contribution in [3.8, 4) is 0 Å². The molecule has 6 nitrogen and oxygen atoms in total. The Balaban J connectivity index is 1.22. The minimum Gasteiger partial charge on any atom is -0.377 e. The van der Waals surface area contributed by atoms with E-state index in [-0.39, 0.29) is 23.7 Å². The van der Waals surface area contributed by atoms with Crippen LogP contribution in [0.4, 0.5) is 15.9 Å². The van der Waals surface area contributed by atoms with Crippen molar-refractivity contribution in [3.05, 3.63) is 88.4 Å². The van der Waals surface area contributed by atoms with E-state index in [1.165, 1.54) is 12.1 Å². The summed E-state index contributed by atoms with van der Waals surface area (Å²) in [6.07, 6.45) is 4.32. The van der Waals surface area contributed by atoms with E-state index in [1.807, 2.05) is 37.3 Å². The molecule has 5 rings (SSSR count). The molecule has 2 atom stereocenters. The largest absolute Gasteiger partial charge is 0.377 e. The van der Waals surface area contributed by atoms with Crippen LogP contribution >= 0.6 is 0 Å². The number of hydrogen-bond donors (Lipinski definition) is 2. The van der Waals surface area contributed by atoms with Gasteiger partial charge in [-0.25, -0.2) is 9.37 Å². The maximum Gasteiger partial charge on any atom is 0.237 e. The van der Waals surface area contributed by atoms with E-state index in [2.05, 4.69) is 15.6 Å². The fraction of sp³-hybridized carbons (Fsp3) is 0.321. The number of aryl methyl sites for hydroxylation is 1. The van der Waals surface area contributed by atoms with Crippen LogP contribution in [0.5, 0.6) is 0 Å². The number of fused-ring (bicyclic) bond motifs is 3. The first kappa shape index (κ1) is 23.2. The number of nitrogens with one attached hydrogen (secondary N) is 2. The number of amides is 2. The zero-order valence-electron chi connectivity index (χ0n) is 19.9. The number of rotatable bonds is 7. The van der Waals surface area contributed by atoms with Gasteiger partial charge in [0.2, 0.25) is 11.8 Å². The van der Waals surface area contributed by atoms with E-state index in [9.17, 15) is 14.0 Å². The van der Waals surface area contributed by atoms with Gasteiger partial charge in [-0.3, -0.25) is 9.59 Å². The zero-order chi connectivity index (χ0) is 24.6. The molecule has 0 fully saturated rings. The Morgan fingerprint density at radius 2 is 2.03 bits per heavy atom. The van der Waals surface area contributed by atoms with Crippen LogP contribution in [-0.4, -0.2) is 23.9 Å². The van der Waals surface area contributed by atoms with Gasteiger partial charge >= 0.3 is 0 Å². The Hall–Kier alpha value is -3.58. The van der Waals surface area contributed by atoms with Gasteiger partial charge in [0.05, 0.1) is 11.5 Å². The standard InChI is InChI=1S/C28H28FN3O3/c1-17(35-2)23-14-21(29)10-8-18(23)5-3-7-25(33)31-22-11-9-19-15-28(16-20(19)13-22)24-6-4-12-30-26(24)32-27(28)34/h4,6,8-14,17H,3,5,7,15-16H2,1-2H3,(H,31,33)(H,30,32,34). The second-order valence-corrected chi connectivity index (χ2v) is 9.40. The maximum atomic E-state index is 13.7. The third-order valence-corrected chi connectivity index (χ3v) is 7.21. The topological polar surface area (TPSA) is 80.3 Å². The van der Waals surface area contributed by atoms with Crippen LogP contribution in [0.15, 0.2) is 54.7 Å². The SMILES string of the molecule is COC(C)c1cc(F)ccc1CCCC(=O)Nc1ccc2c(c1)CC1(C2)C(=O)Nc2ncccc21. The summed E-state index contributed by atoms with van der Waals surface area (Å²) >= 11 is 0. The summed E-state index contributed by atoms with van der Waals surface area (Å²) in [4.78, 5) is 29.8. The van der Waals surface area contributed by atoms with Gasteiger partial charge in [0.15, 0.2) is 0 Å². The molecule has 2 aliphatic rings. The first-order valence-corrected chi connectivity index (χ1v) is 11.9. The number of anilines is 2. The van der Waals surface area contributed by atoms with Crippen LogP contribution in [0.25, 0.3) is 0 Å². The van der Waals surface area contributed by atoms with Crippen molar-refractivity contribution in [2.45, 2.75) is 50.5 Å². The van der Waals surface area contributed by atoms with Crippen LogP contribution in [0.1, 0.15) is 53.7 Å². The average Bonchev–Trinajstić information content (AvgIpc) is 3.36. The van der Waals surface area contributed by atoms with E-state index in [1.54, 1.807) is 19.4 Å². The molecule has 0 radical (unpaired) electrons. The minimum atomic E-state index is -0.624. The van der Waals surface area contributed by atoms with E-state index in [0.29, 0.717) is 37.9 Å². The number of nitrogens with zero attached hydrogens (tertiary/aromatic N) is 1. The van der Waals surface area contributed by atoms with E-state index in [4.69, 9.17) is 4.74 Å². The summed E-state index contributed by atoms with van der Waals surface area (Å²) in [5.41, 5.74) is 5.03. The number of halogens is 1. The molecule has 3 aromatic rings. The van der Waals surface area contributed by atoms with E-state index in [0.717, 1.165) is 33.5 Å². The lowest BCUT2D eigenvalue weighted by atomic mass is 9.79. The molecule has 1 aliphatic carbocycles. The van der Waals surface area contributed by atoms with Gasteiger partial charge in [0.1, 0.15) is 11.6 Å². The highest BCUT2D eigenvalue weighted by atomic mass is 19.1. The van der Waals surface area contributed by atoms with Gasteiger partial charge in [-0.2, -0.15) is 0 Å². The molecule has 1 aliphatic heterocycles. The molecule has 2 heterocycles. The Morgan fingerprint density at radius 3 is 2.86 bits per heavy atom. The lowest BCUT2D eigenvalue weighted by Gasteiger charge is -2.20. The molecule has 0 bridgehead atoms. The maximum absolute atomic E-state index is 13.7. The third-order valence-electron chi connectivity index (χ3n) is 7.21. The molecule has 180 valence electrons. The molecule has 7 heteroatoms. The number of carbonyl (C=O) groups excluding carboxylic acids is 2. The number of carbonyl (C=O) groups is 2. The second-order valence-electron chi connectivity index (χ2n) is 9.40. The summed E-state index contributed by atoms with van der Waals surface area (Å²) in [6.45, 7) is 1.88. The highest BCUT2D eigenvalue weighted by Crippen LogP contribution is 2.46. The van der Waals surface area contributed by atoms with Crippen molar-refractivity contribution in [2.24, 2.45) is 0 Å². The molecule has 2 unspecified atom stereocenters. The summed E-state index contributed by atoms with van der Waals surface area (Å²) in [7, 11) is 1.60. The lowest BCUT2D eigenvalue weighted by Crippen LogP contribution is -2.35. The average molecular weight is 474 g/mol. The number of methoxy groups -OCH3 is 1. The molecule has 0 saturated carbocycles. The second kappa shape index (κ2) is 9.23. The molecule has 0 saturated heterocycles. The van der Waals surface area contributed by atoms with Crippen molar-refractivity contribution >= 4 is 23.3 Å². The highest BCUT2D eigenvalue weighted by Gasteiger charge is 2.51. The highest BCUT2D eigenvalue weighted by molar-refractivity contribution is 6.06. The van der Waals surface area contributed by atoms with E-state index >= 15 is 0 Å². The molecule has 35 heavy (non-hydrogen) atoms. The smallest absolute Gasteiger partial charge is 0.237 e. The summed E-state index contributed by atoms with van der Waals surface area (Å²) in [5, 5.41) is 5.91. The first-order chi connectivity index (χ1) is 16.9. The molecule has 2 N–H and O–H groups in total. The van der Waals surface area contributed by atoms with Crippen molar-refractivity contribution in [1.82, 2.24) is 4.98 Å². The van der Waals surface area contributed by atoms with Gasteiger partial charge in [-0.15, -0.1) is 0 Å². The van der Waals surface area contributed by atoms with Crippen LogP contribution in [0, 0.1) is 5.82 Å². The van der Waals surface area contributed by atoms with Crippen LogP contribution in [0.3, 0.4) is 0 Å². The lowest BCUT2D eigenvalue weighted by molar-refractivity contribution is -0.120. The molecular formula is C28H28FN3O3. The van der Waals surface area contributed by atoms with Gasteiger partial charge in [0, 0.05) is 31.0 Å². The molecule has 2 aromatic carbocycles. The summed E-state index contributed by atoms with van der Waals surface area (Å²) in [6, 6.07) is 14.4. The zero-order valence-corrected chi connectivity index (χ0v) is 19.9. The Labute approximate surface area is 203 Å². The van der Waals surface area contributed by atoms with E-state index < -0.39 is 5.41 Å². The van der Waals surface area contributed by atoms with Gasteiger partial charge in [0.25, 0.3) is 0 Å². The quantitative estimate of drug-likeness (QED) is 0.513. The third kappa shape index (κ3) is 4.32. The Bertz CT molecular complexity index is 1310. The van der Waals surface area contributed by atoms with Crippen molar-refractivity contribution in [2.75, 3.05) is 17.7 Å². The first-order valence-electron chi connectivity index (χ1n) is 11.9. The molecular weight excluding hydrogens is 445 g/mol. The monoisotopic (exact) mass is 473 g/mol. The normalized spacial score (nSPS) is 18.8. The summed E-state index contributed by atoms with van der Waals surface area (Å²) < 4.78 is 19.0. The van der Waals surface area contributed by atoms with Crippen LogP contribution < -0.4 is 10.6 Å². The predicted octanol–water partition coefficient (Wildman–Crippen LogP) is 4.88. The van der Waals surface area contributed by atoms with Crippen molar-refractivity contribution in [1.29, 1.82) is 0 Å². The van der Waals surface area contributed by atoms with Crippen LogP contribution in [-0.2, 0) is 39.0 Å². The number of hydrogen-bond acceptors (Lipinski definition) is 4. The Kier molecular flexibility index (Phi) is 6.11. The molecule has 1 spiro atoms. The summed E-state index contributed by atoms with van der Waals surface area (Å²) in [5.74, 6) is 0.256. The fourth-order valence-electron chi connectivity index (χ4n) is 5.31. The van der Waals surface area contributed by atoms with Crippen molar-refractivity contribution < 1.29 is 18.7 Å². The predicted molar refractivity (Wildman–Crippen MR) is 132 cm³/mol. The molecule has 1 aromatic heterocycles. The number of benzene rings is 2. The Morgan fingerprint density at radius 1 is 1.20 bits per heavy atom. The number of aromatic nitrogens is 1. The van der Waals surface area contributed by atoms with Gasteiger partial charge < -0.3 is 15.4 Å². The van der Waals surface area contributed by atoms with Crippen LogP contribution in [0.2, 0.25) is 0 Å². The minimum absolute atomic E-state index is 0.0176. The number of pyridine rings is 1. The van der Waals surface area contributed by atoms with Gasteiger partial charge in [-0.05, 0) is 85.2 Å². The van der Waals surface area contributed by atoms with Gasteiger partial charge in [-0.1, -0.05) is 18.2 Å². The fourth-order valence-corrected chi connectivity index (χ4v) is 5.31. The molecule has 2 amide bonds. The van der Waals surface area contributed by atoms with Crippen molar-refractivity contribution in [3.63, 3.8) is 0 Å².